The Morgan fingerprint density at radius 1 is 1.17 bits per heavy atom. The van der Waals surface area contributed by atoms with Gasteiger partial charge in [-0.15, -0.1) is 0 Å². The van der Waals surface area contributed by atoms with Crippen molar-refractivity contribution in [1.82, 2.24) is 5.32 Å². The van der Waals surface area contributed by atoms with Crippen LogP contribution in [0, 0.1) is 10.1 Å². The molecule has 1 atom stereocenters. The van der Waals surface area contributed by atoms with Gasteiger partial charge in [-0.1, -0.05) is 30.3 Å². The van der Waals surface area contributed by atoms with Gasteiger partial charge in [0.05, 0.1) is 16.7 Å². The van der Waals surface area contributed by atoms with Crippen LogP contribution in [0.25, 0.3) is 0 Å². The molecule has 0 saturated carbocycles. The minimum atomic E-state index is -4.36. The first kappa shape index (κ1) is 20.7. The number of hydrogen-bond donors (Lipinski definition) is 1. The zero-order valence-electron chi connectivity index (χ0n) is 15.6. The summed E-state index contributed by atoms with van der Waals surface area (Å²) in [6.07, 6.45) is 1.66. The number of rotatable bonds is 8. The zero-order chi connectivity index (χ0) is 20.9. The predicted molar refractivity (Wildman–Crippen MR) is 106 cm³/mol. The molecule has 0 unspecified atom stereocenters. The largest absolute Gasteiger partial charge is 0.376 e. The van der Waals surface area contributed by atoms with Gasteiger partial charge in [-0.3, -0.25) is 19.2 Å². The molecule has 1 aliphatic heterocycles. The van der Waals surface area contributed by atoms with Crippen molar-refractivity contribution in [3.63, 3.8) is 0 Å². The Hall–Kier alpha value is -2.98. The van der Waals surface area contributed by atoms with Crippen LogP contribution in [0.5, 0.6) is 0 Å². The number of sulfonamides is 1. The van der Waals surface area contributed by atoms with E-state index in [1.165, 1.54) is 24.3 Å². The number of nitrogens with one attached hydrogen (secondary N) is 1. The molecule has 2 aromatic carbocycles. The molecule has 0 spiro atoms. The fraction of sp³-hybridized carbons (Fsp3) is 0.316. The third-order valence-electron chi connectivity index (χ3n) is 4.51. The van der Waals surface area contributed by atoms with E-state index in [9.17, 15) is 23.3 Å². The van der Waals surface area contributed by atoms with Crippen molar-refractivity contribution in [2.45, 2.75) is 23.8 Å². The van der Waals surface area contributed by atoms with E-state index < -0.39 is 38.0 Å². The molecule has 0 bridgehead atoms. The molecule has 154 valence electrons. The average Bonchev–Trinajstić information content (AvgIpc) is 3.24. The summed E-state index contributed by atoms with van der Waals surface area (Å²) in [4.78, 5) is 22.6. The van der Waals surface area contributed by atoms with Crippen molar-refractivity contribution in [1.29, 1.82) is 0 Å². The van der Waals surface area contributed by atoms with E-state index in [1.54, 1.807) is 18.2 Å². The molecule has 0 aliphatic carbocycles. The molecule has 1 fully saturated rings. The first-order valence-electron chi connectivity index (χ1n) is 9.09. The summed E-state index contributed by atoms with van der Waals surface area (Å²) in [5.41, 5.74) is -0.314. The molecule has 0 aromatic heterocycles. The Morgan fingerprint density at radius 2 is 1.86 bits per heavy atom. The van der Waals surface area contributed by atoms with E-state index in [-0.39, 0.29) is 18.3 Å². The Labute approximate surface area is 168 Å². The second kappa shape index (κ2) is 9.01. The van der Waals surface area contributed by atoms with Gasteiger partial charge in [-0.25, -0.2) is 8.42 Å². The Balaban J connectivity index is 1.89. The number of amides is 1. The molecule has 1 amide bonds. The first-order valence-corrected chi connectivity index (χ1v) is 10.5. The lowest BCUT2D eigenvalue weighted by molar-refractivity contribution is -0.387. The van der Waals surface area contributed by atoms with Crippen LogP contribution in [0.2, 0.25) is 0 Å². The van der Waals surface area contributed by atoms with E-state index in [2.05, 4.69) is 5.32 Å². The number of para-hydroxylation sites is 2. The highest BCUT2D eigenvalue weighted by molar-refractivity contribution is 7.93. The number of hydrogen-bond acceptors (Lipinski definition) is 6. The standard InChI is InChI=1S/C19H21N3O6S/c23-19(20-13-16-9-6-12-28-16)14-21(15-7-2-1-3-8-15)29(26,27)18-11-5-4-10-17(18)22(24)25/h1-5,7-8,10-11,16H,6,9,12-14H2,(H,20,23)/t16-/m0/s1. The molecule has 1 saturated heterocycles. The smallest absolute Gasteiger partial charge is 0.289 e. The molecule has 1 N–H and O–H groups in total. The van der Waals surface area contributed by atoms with Gasteiger partial charge in [0.2, 0.25) is 5.91 Å². The van der Waals surface area contributed by atoms with Gasteiger partial charge in [0.25, 0.3) is 15.7 Å². The monoisotopic (exact) mass is 419 g/mol. The van der Waals surface area contributed by atoms with Crippen LogP contribution in [0.3, 0.4) is 0 Å². The van der Waals surface area contributed by atoms with Crippen molar-refractivity contribution < 1.29 is 22.9 Å². The number of nitrogens with zero attached hydrogens (tertiary/aromatic N) is 2. The van der Waals surface area contributed by atoms with Gasteiger partial charge >= 0.3 is 0 Å². The summed E-state index contributed by atoms with van der Waals surface area (Å²) in [6.45, 7) is 0.418. The second-order valence-corrected chi connectivity index (χ2v) is 8.34. The highest BCUT2D eigenvalue weighted by Gasteiger charge is 2.33. The summed E-state index contributed by atoms with van der Waals surface area (Å²) in [5, 5.41) is 14.0. The number of benzene rings is 2. The van der Waals surface area contributed by atoms with Crippen molar-refractivity contribution in [2.24, 2.45) is 0 Å². The number of carbonyl (C=O) groups is 1. The Kier molecular flexibility index (Phi) is 6.45. The summed E-state index contributed by atoms with van der Waals surface area (Å²) >= 11 is 0. The SMILES string of the molecule is O=C(CN(c1ccccc1)S(=O)(=O)c1ccccc1[N+](=O)[O-])NC[C@@H]1CCCO1. The van der Waals surface area contributed by atoms with Gasteiger partial charge in [-0.2, -0.15) is 0 Å². The molecule has 0 radical (unpaired) electrons. The van der Waals surface area contributed by atoms with E-state index >= 15 is 0 Å². The van der Waals surface area contributed by atoms with Crippen LogP contribution in [0.4, 0.5) is 11.4 Å². The Bertz CT molecular complexity index is 974. The van der Waals surface area contributed by atoms with Crippen LogP contribution >= 0.6 is 0 Å². The van der Waals surface area contributed by atoms with Crippen LogP contribution in [-0.4, -0.2) is 45.0 Å². The zero-order valence-corrected chi connectivity index (χ0v) is 16.4. The molecule has 1 aliphatic rings. The lowest BCUT2D eigenvalue weighted by Crippen LogP contribution is -2.43. The van der Waals surface area contributed by atoms with Gasteiger partial charge in [0.1, 0.15) is 6.54 Å². The fourth-order valence-corrected chi connectivity index (χ4v) is 4.65. The molecule has 3 rings (SSSR count). The van der Waals surface area contributed by atoms with Crippen LogP contribution in [-0.2, 0) is 19.6 Å². The van der Waals surface area contributed by atoms with Gasteiger partial charge in [0.15, 0.2) is 4.90 Å². The third-order valence-corrected chi connectivity index (χ3v) is 6.33. The van der Waals surface area contributed by atoms with E-state index in [4.69, 9.17) is 4.74 Å². The number of carbonyl (C=O) groups excluding carboxylic acids is 1. The van der Waals surface area contributed by atoms with Crippen LogP contribution < -0.4 is 9.62 Å². The fourth-order valence-electron chi connectivity index (χ4n) is 3.07. The first-order chi connectivity index (χ1) is 13.9. The minimum Gasteiger partial charge on any atom is -0.376 e. The molecule has 29 heavy (non-hydrogen) atoms. The summed E-state index contributed by atoms with van der Waals surface area (Å²) in [6, 6.07) is 13.1. The number of nitro groups is 1. The summed E-state index contributed by atoms with van der Waals surface area (Å²) in [5.74, 6) is -0.522. The molecular formula is C19H21N3O6S. The summed E-state index contributed by atoms with van der Waals surface area (Å²) in [7, 11) is -4.36. The predicted octanol–water partition coefficient (Wildman–Crippen LogP) is 2.09. The average molecular weight is 419 g/mol. The second-order valence-electron chi connectivity index (χ2n) is 6.51. The number of anilines is 1. The van der Waals surface area contributed by atoms with Crippen molar-refractivity contribution in [3.8, 4) is 0 Å². The van der Waals surface area contributed by atoms with Crippen LogP contribution in [0.1, 0.15) is 12.8 Å². The van der Waals surface area contributed by atoms with Crippen molar-refractivity contribution >= 4 is 27.3 Å². The van der Waals surface area contributed by atoms with E-state index in [1.807, 2.05) is 0 Å². The highest BCUT2D eigenvalue weighted by Crippen LogP contribution is 2.29. The van der Waals surface area contributed by atoms with E-state index in [0.29, 0.717) is 6.61 Å². The third kappa shape index (κ3) is 4.90. The lowest BCUT2D eigenvalue weighted by Gasteiger charge is -2.24. The van der Waals surface area contributed by atoms with Crippen molar-refractivity contribution in [2.75, 3.05) is 24.0 Å². The normalized spacial score (nSPS) is 16.3. The molecule has 1 heterocycles. The molecule has 10 heteroatoms. The maximum atomic E-state index is 13.3. The number of nitro benzene ring substituents is 1. The van der Waals surface area contributed by atoms with E-state index in [0.717, 1.165) is 29.3 Å². The molecular weight excluding hydrogens is 398 g/mol. The van der Waals surface area contributed by atoms with Gasteiger partial charge in [-0.05, 0) is 31.0 Å². The highest BCUT2D eigenvalue weighted by atomic mass is 32.2. The maximum absolute atomic E-state index is 13.3. The molecule has 2 aromatic rings. The summed E-state index contributed by atoms with van der Waals surface area (Å²) < 4.78 is 32.9. The van der Waals surface area contributed by atoms with Gasteiger partial charge in [0, 0.05) is 19.2 Å². The topological polar surface area (TPSA) is 119 Å². The minimum absolute atomic E-state index is 0.0871. The lowest BCUT2D eigenvalue weighted by atomic mass is 10.2. The number of ether oxygens (including phenoxy) is 1. The quantitative estimate of drug-likeness (QED) is 0.517. The molecule has 9 nitrogen and oxygen atoms in total. The van der Waals surface area contributed by atoms with Crippen molar-refractivity contribution in [3.05, 3.63) is 64.7 Å². The Morgan fingerprint density at radius 3 is 2.52 bits per heavy atom. The maximum Gasteiger partial charge on any atom is 0.289 e. The van der Waals surface area contributed by atoms with Crippen LogP contribution in [0.15, 0.2) is 59.5 Å². The van der Waals surface area contributed by atoms with Gasteiger partial charge < -0.3 is 10.1 Å².